The van der Waals surface area contributed by atoms with Crippen molar-refractivity contribution >= 4 is 14.0 Å². The van der Waals surface area contributed by atoms with Crippen molar-refractivity contribution in [2.45, 2.75) is 39.5 Å². The molecular formula is C6H16B2. The van der Waals surface area contributed by atoms with Crippen molar-refractivity contribution < 1.29 is 0 Å². The number of hydrogen-bond acceptors (Lipinski definition) is 0. The fraction of sp³-hybridized carbons (Fsp3) is 1.00. The Morgan fingerprint density at radius 1 is 1.50 bits per heavy atom. The first-order chi connectivity index (χ1) is 3.72. The summed E-state index contributed by atoms with van der Waals surface area (Å²) in [6.45, 7) is 10.0. The van der Waals surface area contributed by atoms with Crippen LogP contribution < -0.4 is 0 Å². The van der Waals surface area contributed by atoms with Gasteiger partial charge >= 0.3 is 0 Å². The maximum absolute atomic E-state index is 2.30. The van der Waals surface area contributed by atoms with Crippen LogP contribution in [0.5, 0.6) is 0 Å². The normalized spacial score (nSPS) is 13.0. The second-order valence-corrected chi connectivity index (χ2v) is 2.82. The smallest absolute Gasteiger partial charge is 0.0897 e. The molecule has 0 bridgehead atoms. The lowest BCUT2D eigenvalue weighted by Crippen LogP contribution is -2.15. The Bertz CT molecular complexity index is 48.5. The van der Waals surface area contributed by atoms with Gasteiger partial charge in [0.2, 0.25) is 0 Å². The molecule has 0 nitrogen and oxygen atoms in total. The van der Waals surface area contributed by atoms with Crippen LogP contribution in [-0.4, -0.2) is 14.0 Å². The topological polar surface area (TPSA) is 0 Å². The quantitative estimate of drug-likeness (QED) is 0.487. The maximum Gasteiger partial charge on any atom is 0.128 e. The summed E-state index contributed by atoms with van der Waals surface area (Å²) in [6.07, 6.45) is 1.34. The molecule has 0 saturated carbocycles. The molecule has 0 aliphatic carbocycles. The van der Waals surface area contributed by atoms with Gasteiger partial charge in [0, 0.05) is 0 Å². The van der Waals surface area contributed by atoms with Crippen molar-refractivity contribution in [3.05, 3.63) is 0 Å². The van der Waals surface area contributed by atoms with Gasteiger partial charge in [-0.2, -0.15) is 0 Å². The summed E-state index contributed by atoms with van der Waals surface area (Å²) < 4.78 is 0. The summed E-state index contributed by atoms with van der Waals surface area (Å²) in [5.41, 5.74) is 0.954. The van der Waals surface area contributed by atoms with E-state index >= 15 is 0 Å². The van der Waals surface area contributed by atoms with E-state index in [1.807, 2.05) is 0 Å². The SMILES string of the molecule is CBC(CC)B(C)C. The molecular weight excluding hydrogens is 93.7 g/mol. The first-order valence-electron chi connectivity index (χ1n) is 3.72. The molecule has 0 saturated heterocycles. The van der Waals surface area contributed by atoms with E-state index < -0.39 is 0 Å². The van der Waals surface area contributed by atoms with E-state index in [9.17, 15) is 0 Å². The van der Waals surface area contributed by atoms with Crippen molar-refractivity contribution in [2.75, 3.05) is 0 Å². The highest BCUT2D eigenvalue weighted by Gasteiger charge is 2.10. The van der Waals surface area contributed by atoms with Crippen molar-refractivity contribution in [1.29, 1.82) is 0 Å². The van der Waals surface area contributed by atoms with E-state index in [-0.39, 0.29) is 0 Å². The van der Waals surface area contributed by atoms with Crippen LogP contribution >= 0.6 is 0 Å². The highest BCUT2D eigenvalue weighted by Crippen LogP contribution is 2.11. The molecule has 1 atom stereocenters. The van der Waals surface area contributed by atoms with Crippen molar-refractivity contribution in [3.8, 4) is 0 Å². The first kappa shape index (κ1) is 8.13. The molecule has 0 amide bonds. The second-order valence-electron chi connectivity index (χ2n) is 2.82. The fourth-order valence-electron chi connectivity index (χ4n) is 1.23. The maximum atomic E-state index is 2.30. The molecule has 0 aromatic carbocycles. The van der Waals surface area contributed by atoms with E-state index in [1.54, 1.807) is 0 Å². The predicted octanol–water partition coefficient (Wildman–Crippen LogP) is 1.96. The van der Waals surface area contributed by atoms with Crippen LogP contribution in [0.25, 0.3) is 0 Å². The zero-order valence-corrected chi connectivity index (χ0v) is 6.57. The van der Waals surface area contributed by atoms with Gasteiger partial charge < -0.3 is 0 Å². The van der Waals surface area contributed by atoms with Crippen LogP contribution in [0.4, 0.5) is 0 Å². The van der Waals surface area contributed by atoms with Gasteiger partial charge in [-0.05, 0) is 0 Å². The zero-order chi connectivity index (χ0) is 6.57. The molecule has 0 heterocycles. The highest BCUT2D eigenvalue weighted by atomic mass is 13.8. The lowest BCUT2D eigenvalue weighted by Gasteiger charge is -2.11. The summed E-state index contributed by atoms with van der Waals surface area (Å²) >= 11 is 0. The Labute approximate surface area is 54.4 Å². The minimum absolute atomic E-state index is 0.880. The summed E-state index contributed by atoms with van der Waals surface area (Å²) in [5, 5.41) is 0. The number of hydrogen-bond donors (Lipinski definition) is 0. The van der Waals surface area contributed by atoms with Gasteiger partial charge in [-0.3, -0.25) is 0 Å². The van der Waals surface area contributed by atoms with E-state index in [1.165, 1.54) is 13.7 Å². The van der Waals surface area contributed by atoms with Gasteiger partial charge in [-0.1, -0.05) is 39.5 Å². The van der Waals surface area contributed by atoms with Gasteiger partial charge in [-0.25, -0.2) is 0 Å². The Hall–Kier alpha value is 0.130. The van der Waals surface area contributed by atoms with Gasteiger partial charge in [0.25, 0.3) is 0 Å². The zero-order valence-electron chi connectivity index (χ0n) is 6.57. The third-order valence-corrected chi connectivity index (χ3v) is 1.99. The molecule has 2 heteroatoms. The molecule has 0 radical (unpaired) electrons. The minimum atomic E-state index is 0.880. The van der Waals surface area contributed by atoms with Crippen LogP contribution in [-0.2, 0) is 0 Å². The van der Waals surface area contributed by atoms with E-state index in [0.717, 1.165) is 12.4 Å². The molecule has 8 heavy (non-hydrogen) atoms. The summed E-state index contributed by atoms with van der Waals surface area (Å²) in [7, 11) is 1.34. The first-order valence-corrected chi connectivity index (χ1v) is 3.72. The third kappa shape index (κ3) is 2.44. The van der Waals surface area contributed by atoms with Crippen molar-refractivity contribution in [1.82, 2.24) is 0 Å². The predicted molar refractivity (Wildman–Crippen MR) is 44.5 cm³/mol. The summed E-state index contributed by atoms with van der Waals surface area (Å²) in [5.74, 6) is 0. The molecule has 1 unspecified atom stereocenters. The van der Waals surface area contributed by atoms with E-state index in [4.69, 9.17) is 0 Å². The molecule has 0 N–H and O–H groups in total. The molecule has 46 valence electrons. The molecule has 0 aliphatic heterocycles. The third-order valence-electron chi connectivity index (χ3n) is 1.99. The Morgan fingerprint density at radius 2 is 2.00 bits per heavy atom. The van der Waals surface area contributed by atoms with Crippen LogP contribution in [0, 0.1) is 0 Å². The Kier molecular flexibility index (Phi) is 4.12. The summed E-state index contributed by atoms with van der Waals surface area (Å²) in [4.78, 5) is 0. The van der Waals surface area contributed by atoms with Crippen LogP contribution in [0.2, 0.25) is 26.2 Å². The molecule has 0 spiro atoms. The standard InChI is InChI=1S/C6H16B2/c1-5-6(7-2)8(3)4/h6-7H,5H2,1-4H3. The molecule has 0 fully saturated rings. The van der Waals surface area contributed by atoms with E-state index in [2.05, 4.69) is 27.4 Å². The fourth-order valence-corrected chi connectivity index (χ4v) is 1.23. The average molecular weight is 110 g/mol. The van der Waals surface area contributed by atoms with Gasteiger partial charge in [0.1, 0.15) is 14.0 Å². The number of rotatable bonds is 3. The lowest BCUT2D eigenvalue weighted by molar-refractivity contribution is 0.994. The van der Waals surface area contributed by atoms with Crippen molar-refractivity contribution in [2.24, 2.45) is 0 Å². The second kappa shape index (κ2) is 4.05. The molecule has 0 aliphatic rings. The molecule has 0 aromatic rings. The lowest BCUT2D eigenvalue weighted by atomic mass is 9.33. The highest BCUT2D eigenvalue weighted by molar-refractivity contribution is 6.69. The minimum Gasteiger partial charge on any atom is -0.0897 e. The molecule has 0 rings (SSSR count). The monoisotopic (exact) mass is 110 g/mol. The van der Waals surface area contributed by atoms with Crippen LogP contribution in [0.3, 0.4) is 0 Å². The van der Waals surface area contributed by atoms with Crippen molar-refractivity contribution in [3.63, 3.8) is 0 Å². The largest absolute Gasteiger partial charge is 0.128 e. The Morgan fingerprint density at radius 3 is 2.00 bits per heavy atom. The van der Waals surface area contributed by atoms with Gasteiger partial charge in [-0.15, -0.1) is 0 Å². The molecule has 0 aromatic heterocycles. The summed E-state index contributed by atoms with van der Waals surface area (Å²) in [6, 6.07) is 0. The Balaban J connectivity index is 3.35. The van der Waals surface area contributed by atoms with E-state index in [0.29, 0.717) is 0 Å². The average Bonchev–Trinajstić information content (AvgIpc) is 1.69. The van der Waals surface area contributed by atoms with Crippen LogP contribution in [0.15, 0.2) is 0 Å². The van der Waals surface area contributed by atoms with Gasteiger partial charge in [0.15, 0.2) is 0 Å². The van der Waals surface area contributed by atoms with Gasteiger partial charge in [0.05, 0.1) is 0 Å². The van der Waals surface area contributed by atoms with Crippen LogP contribution in [0.1, 0.15) is 13.3 Å².